The largest absolute Gasteiger partial charge is 0.292 e. The Labute approximate surface area is 97.1 Å². The number of carbonyl (C=O) groups excluding carboxylic acids is 1. The summed E-state index contributed by atoms with van der Waals surface area (Å²) in [4.78, 5) is 23.3. The third-order valence-corrected chi connectivity index (χ3v) is 2.15. The molecule has 0 N–H and O–H groups in total. The standard InChI is InChI=1S/C7H2Cl2F2N2O3/c8-4-3(13(15)16)1-2(6(9)14)12-5(4)7(10)11/h1,7H. The van der Waals surface area contributed by atoms with E-state index in [4.69, 9.17) is 23.2 Å². The Kier molecular flexibility index (Phi) is 3.71. The van der Waals surface area contributed by atoms with Crippen molar-refractivity contribution >= 4 is 34.1 Å². The highest BCUT2D eigenvalue weighted by Gasteiger charge is 2.26. The molecule has 0 radical (unpaired) electrons. The molecule has 1 aromatic heterocycles. The molecule has 0 atom stereocenters. The Morgan fingerprint density at radius 2 is 2.12 bits per heavy atom. The zero-order chi connectivity index (χ0) is 12.5. The molecule has 0 unspecified atom stereocenters. The first-order chi connectivity index (χ1) is 7.34. The molecule has 1 aromatic rings. The van der Waals surface area contributed by atoms with Crippen LogP contribution in [0.25, 0.3) is 0 Å². The van der Waals surface area contributed by atoms with Crippen molar-refractivity contribution in [2.24, 2.45) is 0 Å². The van der Waals surface area contributed by atoms with Gasteiger partial charge in [0.15, 0.2) is 0 Å². The molecular formula is C7H2Cl2F2N2O3. The maximum atomic E-state index is 12.4. The van der Waals surface area contributed by atoms with E-state index in [1.165, 1.54) is 0 Å². The first-order valence-electron chi connectivity index (χ1n) is 3.67. The van der Waals surface area contributed by atoms with Gasteiger partial charge in [0.2, 0.25) is 0 Å². The predicted molar refractivity (Wildman–Crippen MR) is 51.0 cm³/mol. The van der Waals surface area contributed by atoms with Gasteiger partial charge in [-0.15, -0.1) is 0 Å². The van der Waals surface area contributed by atoms with E-state index in [1.807, 2.05) is 0 Å². The topological polar surface area (TPSA) is 73.1 Å². The van der Waals surface area contributed by atoms with Crippen molar-refractivity contribution in [1.82, 2.24) is 4.98 Å². The van der Waals surface area contributed by atoms with E-state index < -0.39 is 38.7 Å². The summed E-state index contributed by atoms with van der Waals surface area (Å²) < 4.78 is 24.8. The van der Waals surface area contributed by atoms with Gasteiger partial charge in [-0.2, -0.15) is 0 Å². The van der Waals surface area contributed by atoms with Crippen LogP contribution in [0.15, 0.2) is 6.07 Å². The Morgan fingerprint density at radius 1 is 1.56 bits per heavy atom. The van der Waals surface area contributed by atoms with Gasteiger partial charge in [-0.25, -0.2) is 13.8 Å². The minimum atomic E-state index is -3.14. The van der Waals surface area contributed by atoms with E-state index >= 15 is 0 Å². The number of rotatable bonds is 3. The van der Waals surface area contributed by atoms with Gasteiger partial charge in [0.05, 0.1) is 4.92 Å². The molecule has 16 heavy (non-hydrogen) atoms. The van der Waals surface area contributed by atoms with Gasteiger partial charge in [-0.1, -0.05) is 11.6 Å². The molecule has 1 heterocycles. The van der Waals surface area contributed by atoms with Crippen molar-refractivity contribution < 1.29 is 18.5 Å². The number of hydrogen-bond acceptors (Lipinski definition) is 4. The summed E-state index contributed by atoms with van der Waals surface area (Å²) in [6.45, 7) is 0. The van der Waals surface area contributed by atoms with E-state index in [9.17, 15) is 23.7 Å². The van der Waals surface area contributed by atoms with Crippen LogP contribution in [0.2, 0.25) is 5.02 Å². The first-order valence-corrected chi connectivity index (χ1v) is 4.43. The van der Waals surface area contributed by atoms with Crippen LogP contribution in [0.4, 0.5) is 14.5 Å². The summed E-state index contributed by atoms with van der Waals surface area (Å²) in [5, 5.41) is 8.48. The number of alkyl halides is 2. The normalized spacial score (nSPS) is 10.6. The van der Waals surface area contributed by atoms with Gasteiger partial charge in [0.25, 0.3) is 17.4 Å². The van der Waals surface area contributed by atoms with Crippen molar-refractivity contribution in [3.05, 3.63) is 32.6 Å². The van der Waals surface area contributed by atoms with E-state index in [0.717, 1.165) is 0 Å². The fourth-order valence-electron chi connectivity index (χ4n) is 0.913. The molecule has 9 heteroatoms. The lowest BCUT2D eigenvalue weighted by molar-refractivity contribution is -0.384. The van der Waals surface area contributed by atoms with Crippen LogP contribution in [0.1, 0.15) is 22.6 Å². The van der Waals surface area contributed by atoms with Crippen molar-refractivity contribution in [3.63, 3.8) is 0 Å². The number of hydrogen-bond donors (Lipinski definition) is 0. The molecule has 0 saturated heterocycles. The molecule has 0 fully saturated rings. The maximum absolute atomic E-state index is 12.4. The Morgan fingerprint density at radius 3 is 2.50 bits per heavy atom. The summed E-state index contributed by atoms with van der Waals surface area (Å²) in [5.74, 6) is 0. The van der Waals surface area contributed by atoms with E-state index in [-0.39, 0.29) is 0 Å². The summed E-state index contributed by atoms with van der Waals surface area (Å²) in [6.07, 6.45) is -3.14. The number of aromatic nitrogens is 1. The third kappa shape index (κ3) is 2.42. The molecule has 0 aromatic carbocycles. The van der Waals surface area contributed by atoms with Gasteiger partial charge >= 0.3 is 0 Å². The molecule has 0 aliphatic heterocycles. The molecule has 5 nitrogen and oxygen atoms in total. The average molecular weight is 271 g/mol. The number of halogens is 4. The molecule has 0 amide bonds. The quantitative estimate of drug-likeness (QED) is 0.481. The zero-order valence-corrected chi connectivity index (χ0v) is 8.80. The molecule has 0 spiro atoms. The Balaban J connectivity index is 3.51. The van der Waals surface area contributed by atoms with Crippen molar-refractivity contribution in [1.29, 1.82) is 0 Å². The molecule has 86 valence electrons. The van der Waals surface area contributed by atoms with E-state index in [2.05, 4.69) is 4.98 Å². The van der Waals surface area contributed by atoms with Gasteiger partial charge in [0, 0.05) is 6.07 Å². The van der Waals surface area contributed by atoms with Crippen LogP contribution in [0, 0.1) is 10.1 Å². The Bertz CT molecular complexity index is 467. The minimum absolute atomic E-state index is 0.642. The molecule has 1 rings (SSSR count). The Hall–Kier alpha value is -1.34. The summed E-state index contributed by atoms with van der Waals surface area (Å²) in [7, 11) is 0. The lowest BCUT2D eigenvalue weighted by atomic mass is 10.2. The lowest BCUT2D eigenvalue weighted by Gasteiger charge is -2.04. The number of carbonyl (C=O) groups is 1. The highest BCUT2D eigenvalue weighted by Crippen LogP contribution is 2.33. The van der Waals surface area contributed by atoms with E-state index in [0.29, 0.717) is 6.07 Å². The van der Waals surface area contributed by atoms with Crippen LogP contribution in [0.5, 0.6) is 0 Å². The second-order valence-electron chi connectivity index (χ2n) is 2.56. The fraction of sp³-hybridized carbons (Fsp3) is 0.143. The highest BCUT2D eigenvalue weighted by atomic mass is 35.5. The van der Waals surface area contributed by atoms with Gasteiger partial charge in [-0.3, -0.25) is 14.9 Å². The second kappa shape index (κ2) is 4.67. The van der Waals surface area contributed by atoms with Crippen molar-refractivity contribution in [2.45, 2.75) is 6.43 Å². The monoisotopic (exact) mass is 270 g/mol. The molecule has 0 bridgehead atoms. The molecule has 0 aliphatic rings. The summed E-state index contributed by atoms with van der Waals surface area (Å²) >= 11 is 10.3. The molecule has 0 saturated carbocycles. The molecular weight excluding hydrogens is 269 g/mol. The van der Waals surface area contributed by atoms with Crippen molar-refractivity contribution in [3.8, 4) is 0 Å². The summed E-state index contributed by atoms with van der Waals surface area (Å²) in [5.41, 5.74) is -2.52. The fourth-order valence-corrected chi connectivity index (χ4v) is 1.26. The number of nitro groups is 1. The van der Waals surface area contributed by atoms with Crippen LogP contribution in [0.3, 0.4) is 0 Å². The zero-order valence-electron chi connectivity index (χ0n) is 7.29. The average Bonchev–Trinajstić information content (AvgIpc) is 2.16. The minimum Gasteiger partial charge on any atom is -0.274 e. The van der Waals surface area contributed by atoms with Crippen LogP contribution >= 0.6 is 23.2 Å². The number of pyridine rings is 1. The third-order valence-electron chi connectivity index (χ3n) is 1.57. The maximum Gasteiger partial charge on any atom is 0.292 e. The first kappa shape index (κ1) is 12.7. The molecule has 0 aliphatic carbocycles. The predicted octanol–water partition coefficient (Wildman–Crippen LogP) is 2.96. The van der Waals surface area contributed by atoms with Gasteiger partial charge < -0.3 is 0 Å². The van der Waals surface area contributed by atoms with Crippen LogP contribution in [-0.2, 0) is 0 Å². The van der Waals surface area contributed by atoms with Crippen LogP contribution in [-0.4, -0.2) is 15.1 Å². The SMILES string of the molecule is O=C(Cl)c1cc([N+](=O)[O-])c(Cl)c(C(F)F)n1. The van der Waals surface area contributed by atoms with Crippen LogP contribution < -0.4 is 0 Å². The highest BCUT2D eigenvalue weighted by molar-refractivity contribution is 6.67. The number of nitrogens with zero attached hydrogens (tertiary/aromatic N) is 2. The van der Waals surface area contributed by atoms with Crippen molar-refractivity contribution in [2.75, 3.05) is 0 Å². The smallest absolute Gasteiger partial charge is 0.274 e. The second-order valence-corrected chi connectivity index (χ2v) is 3.28. The van der Waals surface area contributed by atoms with E-state index in [1.54, 1.807) is 0 Å². The van der Waals surface area contributed by atoms with Gasteiger partial charge in [-0.05, 0) is 11.6 Å². The summed E-state index contributed by atoms with van der Waals surface area (Å²) in [6, 6.07) is 0.642. The van der Waals surface area contributed by atoms with Gasteiger partial charge in [0.1, 0.15) is 16.4 Å². The lowest BCUT2D eigenvalue weighted by Crippen LogP contribution is -2.03.